The van der Waals surface area contributed by atoms with E-state index in [-0.39, 0.29) is 25.0 Å². The molecule has 0 radical (unpaired) electrons. The Balaban J connectivity index is 1.37. The van der Waals surface area contributed by atoms with E-state index in [0.717, 1.165) is 5.56 Å². The molecule has 27 heavy (non-hydrogen) atoms. The Bertz CT molecular complexity index is 964. The minimum absolute atomic E-state index is 0.139. The number of amides is 1. The molecule has 1 saturated heterocycles. The number of carbonyl (C=O) groups excluding carboxylic acids is 1. The number of hydrogen-bond donors (Lipinski definition) is 0. The van der Waals surface area contributed by atoms with Crippen LogP contribution in [0.25, 0.3) is 6.08 Å². The normalized spacial score (nSPS) is 19.1. The number of carbonyl (C=O) groups is 1. The van der Waals surface area contributed by atoms with Crippen molar-refractivity contribution in [2.75, 3.05) is 19.9 Å². The molecule has 1 amide bonds. The second-order valence-electron chi connectivity index (χ2n) is 6.53. The molecule has 142 valence electrons. The van der Waals surface area contributed by atoms with Gasteiger partial charge in [0, 0.05) is 19.2 Å². The van der Waals surface area contributed by atoms with Gasteiger partial charge in [0.2, 0.25) is 12.7 Å². The van der Waals surface area contributed by atoms with Gasteiger partial charge in [-0.15, -0.1) is 0 Å². The van der Waals surface area contributed by atoms with Gasteiger partial charge in [-0.25, -0.2) is 8.42 Å². The molecular formula is C19H19NO6S. The third kappa shape index (κ3) is 3.85. The number of sulfone groups is 1. The van der Waals surface area contributed by atoms with Crippen LogP contribution in [0, 0.1) is 0 Å². The summed E-state index contributed by atoms with van der Waals surface area (Å²) >= 11 is 0. The van der Waals surface area contributed by atoms with E-state index in [2.05, 4.69) is 0 Å². The van der Waals surface area contributed by atoms with Crippen LogP contribution in [0.1, 0.15) is 17.7 Å². The first-order valence-corrected chi connectivity index (χ1v) is 10.3. The predicted octanol–water partition coefficient (Wildman–Crippen LogP) is 2.24. The Morgan fingerprint density at radius 1 is 1.22 bits per heavy atom. The number of nitrogens with zero attached hydrogens (tertiary/aromatic N) is 1. The van der Waals surface area contributed by atoms with Crippen molar-refractivity contribution in [3.8, 4) is 11.5 Å². The lowest BCUT2D eigenvalue weighted by atomic mass is 10.2. The molecule has 0 bridgehead atoms. The van der Waals surface area contributed by atoms with Crippen molar-refractivity contribution in [3.63, 3.8) is 0 Å². The zero-order chi connectivity index (χ0) is 18.9. The third-order valence-corrected chi connectivity index (χ3v) is 6.79. The summed E-state index contributed by atoms with van der Waals surface area (Å²) in [7, 11) is -3.37. The van der Waals surface area contributed by atoms with Gasteiger partial charge in [0.15, 0.2) is 21.3 Å². The van der Waals surface area contributed by atoms with Crippen molar-refractivity contribution in [1.82, 2.24) is 4.90 Å². The van der Waals surface area contributed by atoms with E-state index in [9.17, 15) is 13.2 Å². The summed E-state index contributed by atoms with van der Waals surface area (Å²) in [6.45, 7) is 0.822. The summed E-state index contributed by atoms with van der Waals surface area (Å²) in [4.78, 5) is 14.0. The summed E-state index contributed by atoms with van der Waals surface area (Å²) in [5.41, 5.74) is 0.814. The predicted molar refractivity (Wildman–Crippen MR) is 97.9 cm³/mol. The molecule has 4 rings (SSSR count). The maximum Gasteiger partial charge on any atom is 0.246 e. The molecule has 1 aromatic carbocycles. The van der Waals surface area contributed by atoms with Crippen LogP contribution in [0.3, 0.4) is 0 Å². The minimum Gasteiger partial charge on any atom is -0.468 e. The van der Waals surface area contributed by atoms with Crippen molar-refractivity contribution in [2.45, 2.75) is 17.4 Å². The largest absolute Gasteiger partial charge is 0.468 e. The number of ether oxygens (including phenoxy) is 2. The van der Waals surface area contributed by atoms with E-state index in [1.54, 1.807) is 35.2 Å². The summed E-state index contributed by atoms with van der Waals surface area (Å²) in [5, 5.41) is -0.564. The van der Waals surface area contributed by atoms with Gasteiger partial charge in [-0.2, -0.15) is 0 Å². The molecule has 1 aromatic heterocycles. The first-order chi connectivity index (χ1) is 13.0. The van der Waals surface area contributed by atoms with Crippen molar-refractivity contribution in [2.24, 2.45) is 0 Å². The highest BCUT2D eigenvalue weighted by molar-refractivity contribution is 7.91. The number of benzene rings is 1. The molecule has 2 aliphatic heterocycles. The molecule has 0 spiro atoms. The van der Waals surface area contributed by atoms with Crippen LogP contribution in [0.15, 0.2) is 47.1 Å². The quantitative estimate of drug-likeness (QED) is 0.729. The van der Waals surface area contributed by atoms with E-state index in [4.69, 9.17) is 13.9 Å². The summed E-state index contributed by atoms with van der Waals surface area (Å²) in [6, 6.07) is 8.73. The van der Waals surface area contributed by atoms with Crippen molar-refractivity contribution < 1.29 is 27.1 Å². The highest BCUT2D eigenvalue weighted by Gasteiger charge is 2.35. The van der Waals surface area contributed by atoms with Crippen LogP contribution >= 0.6 is 0 Å². The second kappa shape index (κ2) is 7.11. The summed E-state index contributed by atoms with van der Waals surface area (Å²) in [6.07, 6.45) is 5.04. The fourth-order valence-corrected chi connectivity index (χ4v) is 4.89. The molecular weight excluding hydrogens is 370 g/mol. The zero-order valence-corrected chi connectivity index (χ0v) is 15.4. The SMILES string of the molecule is O=C(/C=C/c1ccc2c(c1)OCO2)N1CC[C@H](S(=O)(=O)Cc2ccco2)C1. The van der Waals surface area contributed by atoms with Crippen LogP contribution < -0.4 is 9.47 Å². The van der Waals surface area contributed by atoms with Gasteiger partial charge in [0.05, 0.1) is 11.5 Å². The summed E-state index contributed by atoms with van der Waals surface area (Å²) < 4.78 is 40.7. The lowest BCUT2D eigenvalue weighted by Crippen LogP contribution is -2.31. The van der Waals surface area contributed by atoms with Crippen molar-refractivity contribution in [1.29, 1.82) is 0 Å². The fourth-order valence-electron chi connectivity index (χ4n) is 3.22. The van der Waals surface area contributed by atoms with Crippen LogP contribution in [-0.4, -0.2) is 44.4 Å². The van der Waals surface area contributed by atoms with Crippen LogP contribution in [0.2, 0.25) is 0 Å². The Hall–Kier alpha value is -2.74. The Labute approximate surface area is 157 Å². The first-order valence-electron chi connectivity index (χ1n) is 8.62. The van der Waals surface area contributed by atoms with Crippen LogP contribution in [0.4, 0.5) is 0 Å². The molecule has 0 saturated carbocycles. The van der Waals surface area contributed by atoms with Crippen LogP contribution in [-0.2, 0) is 20.4 Å². The molecule has 7 nitrogen and oxygen atoms in total. The maximum atomic E-state index is 12.5. The third-order valence-electron chi connectivity index (χ3n) is 4.70. The number of fused-ring (bicyclic) bond motifs is 1. The number of likely N-dealkylation sites (tertiary alicyclic amines) is 1. The second-order valence-corrected chi connectivity index (χ2v) is 8.81. The van der Waals surface area contributed by atoms with E-state index in [1.807, 2.05) is 6.07 Å². The molecule has 0 aliphatic carbocycles. The van der Waals surface area contributed by atoms with Gasteiger partial charge in [-0.1, -0.05) is 6.07 Å². The molecule has 1 atom stereocenters. The van der Waals surface area contributed by atoms with E-state index in [0.29, 0.717) is 30.2 Å². The van der Waals surface area contributed by atoms with Gasteiger partial charge in [0.1, 0.15) is 11.5 Å². The van der Waals surface area contributed by atoms with E-state index in [1.165, 1.54) is 12.3 Å². The van der Waals surface area contributed by atoms with Crippen LogP contribution in [0.5, 0.6) is 11.5 Å². The molecule has 2 aromatic rings. The fraction of sp³-hybridized carbons (Fsp3) is 0.316. The molecule has 0 N–H and O–H groups in total. The molecule has 2 aliphatic rings. The van der Waals surface area contributed by atoms with E-state index < -0.39 is 15.1 Å². The lowest BCUT2D eigenvalue weighted by Gasteiger charge is -2.14. The molecule has 1 fully saturated rings. The number of furan rings is 1. The Kier molecular flexibility index (Phi) is 4.65. The lowest BCUT2D eigenvalue weighted by molar-refractivity contribution is -0.124. The topological polar surface area (TPSA) is 86.0 Å². The standard InChI is InChI=1S/C19H19NO6S/c21-19(6-4-14-3-5-17-18(10-14)26-13-25-17)20-8-7-16(11-20)27(22,23)12-15-2-1-9-24-15/h1-6,9-10,16H,7-8,11-13H2/b6-4+/t16-/m0/s1. The molecule has 0 unspecified atom stereocenters. The van der Waals surface area contributed by atoms with Gasteiger partial charge >= 0.3 is 0 Å². The average Bonchev–Trinajstić information content (AvgIpc) is 3.39. The van der Waals surface area contributed by atoms with Gasteiger partial charge in [0.25, 0.3) is 0 Å². The highest BCUT2D eigenvalue weighted by atomic mass is 32.2. The van der Waals surface area contributed by atoms with E-state index >= 15 is 0 Å². The zero-order valence-electron chi connectivity index (χ0n) is 14.5. The Morgan fingerprint density at radius 2 is 2.07 bits per heavy atom. The van der Waals surface area contributed by atoms with Crippen molar-refractivity contribution >= 4 is 21.8 Å². The number of hydrogen-bond acceptors (Lipinski definition) is 6. The van der Waals surface area contributed by atoms with Gasteiger partial charge < -0.3 is 18.8 Å². The van der Waals surface area contributed by atoms with Crippen molar-refractivity contribution in [3.05, 3.63) is 54.0 Å². The van der Waals surface area contributed by atoms with Gasteiger partial charge in [-0.3, -0.25) is 4.79 Å². The summed E-state index contributed by atoms with van der Waals surface area (Å²) in [5.74, 6) is 1.41. The van der Waals surface area contributed by atoms with Gasteiger partial charge in [-0.05, 0) is 42.3 Å². The highest BCUT2D eigenvalue weighted by Crippen LogP contribution is 2.32. The molecule has 3 heterocycles. The average molecular weight is 389 g/mol. The maximum absolute atomic E-state index is 12.5. The Morgan fingerprint density at radius 3 is 2.89 bits per heavy atom. The monoisotopic (exact) mass is 389 g/mol. The number of rotatable bonds is 5. The first kappa shape index (κ1) is 17.7. The minimum atomic E-state index is -3.37. The smallest absolute Gasteiger partial charge is 0.246 e. The molecule has 8 heteroatoms.